The molecule has 2 N–H and O–H groups in total. The number of carbonyl (C=O) groups is 1. The summed E-state index contributed by atoms with van der Waals surface area (Å²) in [6.07, 6.45) is 2.40. The van der Waals surface area contributed by atoms with Gasteiger partial charge in [0.15, 0.2) is 0 Å². The lowest BCUT2D eigenvalue weighted by molar-refractivity contribution is 0.0954. The SMILES string of the molecule is O=C(NCCc1nc2ccccc2[nH]1)c1cn(-c2ccccc2)nc1-c1ccccc1. The van der Waals surface area contributed by atoms with E-state index < -0.39 is 0 Å². The molecule has 0 aliphatic carbocycles. The van der Waals surface area contributed by atoms with Crippen LogP contribution in [0.2, 0.25) is 0 Å². The van der Waals surface area contributed by atoms with Gasteiger partial charge in [-0.05, 0) is 24.3 Å². The molecular weight excluding hydrogens is 386 g/mol. The maximum Gasteiger partial charge on any atom is 0.255 e. The minimum Gasteiger partial charge on any atom is -0.351 e. The standard InChI is InChI=1S/C25H21N5O/c31-25(26-16-15-23-27-21-13-7-8-14-22(21)28-23)20-17-30(19-11-5-2-6-12-19)29-24(20)18-9-3-1-4-10-18/h1-14,17H,15-16H2,(H,26,31)(H,27,28). The summed E-state index contributed by atoms with van der Waals surface area (Å²) in [7, 11) is 0. The molecule has 3 aromatic carbocycles. The number of fused-ring (bicyclic) bond motifs is 1. The number of benzene rings is 3. The number of rotatable bonds is 6. The van der Waals surface area contributed by atoms with Crippen molar-refractivity contribution in [2.75, 3.05) is 6.54 Å². The lowest BCUT2D eigenvalue weighted by Gasteiger charge is -2.04. The van der Waals surface area contributed by atoms with Crippen molar-refractivity contribution in [2.45, 2.75) is 6.42 Å². The first-order valence-corrected chi connectivity index (χ1v) is 10.2. The van der Waals surface area contributed by atoms with Gasteiger partial charge in [0.05, 0.1) is 22.3 Å². The molecule has 0 aliphatic heterocycles. The molecule has 2 heterocycles. The van der Waals surface area contributed by atoms with Gasteiger partial charge in [-0.25, -0.2) is 9.67 Å². The molecule has 5 aromatic rings. The smallest absolute Gasteiger partial charge is 0.255 e. The molecule has 0 bridgehead atoms. The molecule has 1 amide bonds. The zero-order chi connectivity index (χ0) is 21.0. The van der Waals surface area contributed by atoms with Gasteiger partial charge in [-0.2, -0.15) is 5.10 Å². The second kappa shape index (κ2) is 8.28. The third kappa shape index (κ3) is 3.96. The van der Waals surface area contributed by atoms with Crippen LogP contribution in [0.4, 0.5) is 0 Å². The van der Waals surface area contributed by atoms with Gasteiger partial charge < -0.3 is 10.3 Å². The van der Waals surface area contributed by atoms with Crippen molar-refractivity contribution < 1.29 is 4.79 Å². The first-order valence-electron chi connectivity index (χ1n) is 10.2. The molecule has 152 valence electrons. The van der Waals surface area contributed by atoms with Crippen molar-refractivity contribution in [2.24, 2.45) is 0 Å². The van der Waals surface area contributed by atoms with E-state index in [1.165, 1.54) is 0 Å². The number of para-hydroxylation sites is 3. The Bertz CT molecular complexity index is 1290. The van der Waals surface area contributed by atoms with E-state index in [2.05, 4.69) is 15.3 Å². The Morgan fingerprint density at radius 3 is 2.39 bits per heavy atom. The number of aromatic amines is 1. The Labute approximate surface area is 179 Å². The second-order valence-electron chi connectivity index (χ2n) is 7.24. The number of amides is 1. The summed E-state index contributed by atoms with van der Waals surface area (Å²) in [5.41, 5.74) is 4.93. The Morgan fingerprint density at radius 1 is 0.903 bits per heavy atom. The number of H-pyrrole nitrogens is 1. The fraction of sp³-hybridized carbons (Fsp3) is 0.0800. The highest BCUT2D eigenvalue weighted by Crippen LogP contribution is 2.23. The van der Waals surface area contributed by atoms with Gasteiger partial charge in [-0.15, -0.1) is 0 Å². The van der Waals surface area contributed by atoms with E-state index in [1.807, 2.05) is 84.9 Å². The van der Waals surface area contributed by atoms with E-state index >= 15 is 0 Å². The number of imidazole rings is 1. The van der Waals surface area contributed by atoms with Crippen molar-refractivity contribution in [1.82, 2.24) is 25.1 Å². The molecule has 0 unspecified atom stereocenters. The molecule has 0 saturated heterocycles. The molecule has 6 nitrogen and oxygen atoms in total. The molecule has 0 aliphatic rings. The van der Waals surface area contributed by atoms with Crippen LogP contribution in [0, 0.1) is 0 Å². The van der Waals surface area contributed by atoms with Crippen molar-refractivity contribution in [1.29, 1.82) is 0 Å². The van der Waals surface area contributed by atoms with E-state index in [0.717, 1.165) is 28.1 Å². The third-order valence-electron chi connectivity index (χ3n) is 5.11. The molecule has 2 aromatic heterocycles. The molecular formula is C25H21N5O. The van der Waals surface area contributed by atoms with Crippen molar-refractivity contribution in [3.05, 3.63) is 103 Å². The fourth-order valence-corrected chi connectivity index (χ4v) is 3.58. The molecule has 6 heteroatoms. The minimum absolute atomic E-state index is 0.155. The number of aromatic nitrogens is 4. The van der Waals surface area contributed by atoms with Crippen LogP contribution in [0.1, 0.15) is 16.2 Å². The predicted octanol–water partition coefficient (Wildman–Crippen LogP) is 4.39. The number of hydrogen-bond donors (Lipinski definition) is 2. The maximum atomic E-state index is 13.1. The Hall–Kier alpha value is -4.19. The normalized spacial score (nSPS) is 11.0. The maximum absolute atomic E-state index is 13.1. The van der Waals surface area contributed by atoms with Gasteiger partial charge in [0, 0.05) is 24.7 Å². The van der Waals surface area contributed by atoms with Gasteiger partial charge in [0.1, 0.15) is 11.5 Å². The summed E-state index contributed by atoms with van der Waals surface area (Å²) < 4.78 is 1.75. The highest BCUT2D eigenvalue weighted by molar-refractivity contribution is 5.99. The lowest BCUT2D eigenvalue weighted by atomic mass is 10.1. The highest BCUT2D eigenvalue weighted by atomic mass is 16.1. The largest absolute Gasteiger partial charge is 0.351 e. The molecule has 31 heavy (non-hydrogen) atoms. The number of nitrogens with one attached hydrogen (secondary N) is 2. The van der Waals surface area contributed by atoms with Crippen LogP contribution in [0.25, 0.3) is 28.0 Å². The average molecular weight is 407 g/mol. The Balaban J connectivity index is 1.37. The lowest BCUT2D eigenvalue weighted by Crippen LogP contribution is -2.26. The monoisotopic (exact) mass is 407 g/mol. The molecule has 0 spiro atoms. The van der Waals surface area contributed by atoms with Gasteiger partial charge in [-0.3, -0.25) is 4.79 Å². The highest BCUT2D eigenvalue weighted by Gasteiger charge is 2.18. The zero-order valence-corrected chi connectivity index (χ0v) is 16.8. The van der Waals surface area contributed by atoms with E-state index in [4.69, 9.17) is 5.10 Å². The molecule has 0 radical (unpaired) electrons. The van der Waals surface area contributed by atoms with Gasteiger partial charge in [-0.1, -0.05) is 60.7 Å². The van der Waals surface area contributed by atoms with Crippen molar-refractivity contribution in [3.8, 4) is 16.9 Å². The topological polar surface area (TPSA) is 75.6 Å². The quantitative estimate of drug-likeness (QED) is 0.438. The van der Waals surface area contributed by atoms with Crippen LogP contribution in [0.5, 0.6) is 0 Å². The van der Waals surface area contributed by atoms with Crippen LogP contribution in [0.15, 0.2) is 91.1 Å². The van der Waals surface area contributed by atoms with E-state index in [0.29, 0.717) is 24.2 Å². The van der Waals surface area contributed by atoms with Crippen LogP contribution in [-0.2, 0) is 6.42 Å². The third-order valence-corrected chi connectivity index (χ3v) is 5.11. The minimum atomic E-state index is -0.155. The molecule has 5 rings (SSSR count). The van der Waals surface area contributed by atoms with Crippen LogP contribution in [-0.4, -0.2) is 32.2 Å². The number of nitrogens with zero attached hydrogens (tertiary/aromatic N) is 3. The summed E-state index contributed by atoms with van der Waals surface area (Å²) in [6, 6.07) is 27.4. The Kier molecular flexibility index (Phi) is 5.02. The Morgan fingerprint density at radius 2 is 1.61 bits per heavy atom. The summed E-state index contributed by atoms with van der Waals surface area (Å²) in [5.74, 6) is 0.696. The van der Waals surface area contributed by atoms with E-state index in [-0.39, 0.29) is 5.91 Å². The van der Waals surface area contributed by atoms with E-state index in [9.17, 15) is 4.79 Å². The summed E-state index contributed by atoms with van der Waals surface area (Å²) >= 11 is 0. The molecule has 0 fully saturated rings. The number of carbonyl (C=O) groups excluding carboxylic acids is 1. The van der Waals surface area contributed by atoms with Gasteiger partial charge in [0.2, 0.25) is 0 Å². The van der Waals surface area contributed by atoms with Crippen LogP contribution >= 0.6 is 0 Å². The summed E-state index contributed by atoms with van der Waals surface area (Å²) in [5, 5.41) is 7.72. The van der Waals surface area contributed by atoms with E-state index in [1.54, 1.807) is 10.9 Å². The second-order valence-corrected chi connectivity index (χ2v) is 7.24. The van der Waals surface area contributed by atoms with Crippen molar-refractivity contribution in [3.63, 3.8) is 0 Å². The number of hydrogen-bond acceptors (Lipinski definition) is 3. The van der Waals surface area contributed by atoms with Crippen molar-refractivity contribution >= 4 is 16.9 Å². The van der Waals surface area contributed by atoms with Crippen LogP contribution in [0.3, 0.4) is 0 Å². The molecule has 0 saturated carbocycles. The zero-order valence-electron chi connectivity index (χ0n) is 16.8. The van der Waals surface area contributed by atoms with Gasteiger partial charge in [0.25, 0.3) is 5.91 Å². The predicted molar refractivity (Wildman–Crippen MR) is 121 cm³/mol. The summed E-state index contributed by atoms with van der Waals surface area (Å²) in [4.78, 5) is 20.9. The molecule has 0 atom stereocenters. The van der Waals surface area contributed by atoms with Crippen LogP contribution < -0.4 is 5.32 Å². The summed E-state index contributed by atoms with van der Waals surface area (Å²) in [6.45, 7) is 0.476. The fourth-order valence-electron chi connectivity index (χ4n) is 3.58. The first-order chi connectivity index (χ1) is 15.3. The average Bonchev–Trinajstić information content (AvgIpc) is 3.45. The van der Waals surface area contributed by atoms with Gasteiger partial charge >= 0.3 is 0 Å². The first kappa shape index (κ1) is 18.8.